The van der Waals surface area contributed by atoms with E-state index in [-0.39, 0.29) is 18.3 Å². The van der Waals surface area contributed by atoms with Crippen LogP contribution in [-0.4, -0.2) is 46.1 Å². The number of phenols is 1. The molecule has 0 spiro atoms. The molecule has 0 aliphatic carbocycles. The largest absolute Gasteiger partial charge is 0.507 e. The van der Waals surface area contributed by atoms with Crippen LogP contribution in [0.5, 0.6) is 5.75 Å². The molecule has 1 unspecified atom stereocenters. The first-order valence-corrected chi connectivity index (χ1v) is 10.1. The van der Waals surface area contributed by atoms with Crippen LogP contribution >= 0.6 is 0 Å². The average molecular weight is 379 g/mol. The minimum atomic E-state index is -3.59. The summed E-state index contributed by atoms with van der Waals surface area (Å²) in [6.45, 7) is 0.391. The van der Waals surface area contributed by atoms with Gasteiger partial charge < -0.3 is 9.84 Å². The number of anilines is 1. The molecule has 1 aliphatic rings. The Bertz CT molecular complexity index is 940. The highest BCUT2D eigenvalue weighted by molar-refractivity contribution is 7.85. The quantitative estimate of drug-likeness (QED) is 0.824. The van der Waals surface area contributed by atoms with Crippen LogP contribution in [-0.2, 0) is 19.0 Å². The van der Waals surface area contributed by atoms with Crippen molar-refractivity contribution in [2.45, 2.75) is 18.8 Å². The van der Waals surface area contributed by atoms with Crippen molar-refractivity contribution in [3.63, 3.8) is 0 Å². The van der Waals surface area contributed by atoms with Crippen molar-refractivity contribution in [2.75, 3.05) is 31.4 Å². The van der Waals surface area contributed by atoms with Crippen LogP contribution in [0.1, 0.15) is 24.3 Å². The van der Waals surface area contributed by atoms with Gasteiger partial charge in [-0.1, -0.05) is 24.3 Å². The zero-order chi connectivity index (χ0) is 18.9. The Morgan fingerprint density at radius 3 is 2.65 bits per heavy atom. The van der Waals surface area contributed by atoms with Gasteiger partial charge in [0.15, 0.2) is 0 Å². The molecule has 1 N–H and O–H groups in total. The number of benzene rings is 2. The van der Waals surface area contributed by atoms with Gasteiger partial charge in [0.1, 0.15) is 5.75 Å². The van der Waals surface area contributed by atoms with E-state index in [9.17, 15) is 18.3 Å². The third-order valence-electron chi connectivity index (χ3n) is 4.55. The molecule has 1 atom stereocenters. The molecule has 26 heavy (non-hydrogen) atoms. The lowest BCUT2D eigenvalue weighted by Crippen LogP contribution is -2.31. The first-order valence-electron chi connectivity index (χ1n) is 8.26. The summed E-state index contributed by atoms with van der Waals surface area (Å²) in [5.41, 5.74) is 1.30. The number of phenolic OH excluding ortho intramolecular Hbond substituents is 1. The third kappa shape index (κ3) is 3.61. The van der Waals surface area contributed by atoms with Gasteiger partial charge in [-0.2, -0.15) is 8.42 Å². The molecule has 0 saturated carbocycles. The fraction of sp³-hybridized carbons (Fsp3) is 0.389. The van der Waals surface area contributed by atoms with Crippen molar-refractivity contribution in [3.8, 4) is 5.75 Å². The summed E-state index contributed by atoms with van der Waals surface area (Å²) >= 11 is 0. The molecule has 7 nitrogen and oxygen atoms in total. The van der Waals surface area contributed by atoms with Crippen molar-refractivity contribution < 1.29 is 27.2 Å². The lowest BCUT2D eigenvalue weighted by molar-refractivity contribution is 0.178. The molecule has 0 fully saturated rings. The molecule has 3 rings (SSSR count). The minimum absolute atomic E-state index is 0.0182. The lowest BCUT2D eigenvalue weighted by Gasteiger charge is -2.25. The Kier molecular flexibility index (Phi) is 5.06. The first kappa shape index (κ1) is 18.5. The normalized spacial score (nSPS) is 17.6. The number of fused-ring (bicyclic) bond motifs is 3. The smallest absolute Gasteiger partial charge is 0.414 e. The van der Waals surface area contributed by atoms with Gasteiger partial charge in [0.2, 0.25) is 0 Å². The summed E-state index contributed by atoms with van der Waals surface area (Å²) in [4.78, 5) is 13.7. The number of carbonyl (C=O) groups is 1. The number of aromatic hydroxyl groups is 1. The van der Waals surface area contributed by atoms with Crippen LogP contribution in [0.4, 0.5) is 10.5 Å². The molecule has 140 valence electrons. The molecule has 0 aromatic heterocycles. The highest BCUT2D eigenvalue weighted by Gasteiger charge is 2.30. The van der Waals surface area contributed by atoms with Crippen molar-refractivity contribution in [2.24, 2.45) is 0 Å². The first-order chi connectivity index (χ1) is 12.3. The van der Waals surface area contributed by atoms with Crippen LogP contribution in [0, 0.1) is 0 Å². The SMILES string of the molecule is COC(=O)N1CCCC(COS(C)(=O)=O)c2c1cc(O)c1ccccc21. The number of carbonyl (C=O) groups excluding carboxylic acids is 1. The van der Waals surface area contributed by atoms with E-state index in [1.54, 1.807) is 6.07 Å². The molecule has 8 heteroatoms. The molecule has 1 aliphatic heterocycles. The van der Waals surface area contributed by atoms with Gasteiger partial charge in [-0.3, -0.25) is 9.08 Å². The molecular weight excluding hydrogens is 358 g/mol. The molecule has 1 amide bonds. The summed E-state index contributed by atoms with van der Waals surface area (Å²) in [7, 11) is -2.28. The van der Waals surface area contributed by atoms with E-state index >= 15 is 0 Å². The van der Waals surface area contributed by atoms with Crippen molar-refractivity contribution in [1.29, 1.82) is 0 Å². The second kappa shape index (κ2) is 7.13. The number of hydrogen-bond donors (Lipinski definition) is 1. The number of methoxy groups -OCH3 is 1. The summed E-state index contributed by atoms with van der Waals surface area (Å²) < 4.78 is 32.9. The monoisotopic (exact) mass is 379 g/mol. The maximum Gasteiger partial charge on any atom is 0.414 e. The Labute approximate surface area is 152 Å². The standard InChI is InChI=1S/C18H21NO6S/c1-24-18(21)19-9-5-6-12(11-25-26(2,22)23)17-14-8-4-3-7-13(14)16(20)10-15(17)19/h3-4,7-8,10,12,20H,5-6,9,11H2,1-2H3. The molecule has 0 saturated heterocycles. The van der Waals surface area contributed by atoms with Crippen LogP contribution in [0.3, 0.4) is 0 Å². The van der Waals surface area contributed by atoms with E-state index in [2.05, 4.69) is 0 Å². The van der Waals surface area contributed by atoms with Crippen LogP contribution in [0.25, 0.3) is 10.8 Å². The molecule has 0 radical (unpaired) electrons. The van der Waals surface area contributed by atoms with Gasteiger partial charge in [0, 0.05) is 23.9 Å². The predicted octanol–water partition coefficient (Wildman–Crippen LogP) is 2.97. The molecule has 1 heterocycles. The summed E-state index contributed by atoms with van der Waals surface area (Å²) in [6, 6.07) is 8.82. The second-order valence-electron chi connectivity index (χ2n) is 6.32. The average Bonchev–Trinajstić information content (AvgIpc) is 2.78. The van der Waals surface area contributed by atoms with Gasteiger partial charge in [-0.05, 0) is 23.8 Å². The Hall–Kier alpha value is -2.32. The topological polar surface area (TPSA) is 93.1 Å². The molecule has 2 aromatic rings. The van der Waals surface area contributed by atoms with E-state index < -0.39 is 16.2 Å². The van der Waals surface area contributed by atoms with E-state index in [1.165, 1.54) is 18.1 Å². The highest BCUT2D eigenvalue weighted by Crippen LogP contribution is 2.43. The van der Waals surface area contributed by atoms with Crippen molar-refractivity contribution >= 4 is 32.7 Å². The van der Waals surface area contributed by atoms with E-state index in [1.807, 2.05) is 18.2 Å². The van der Waals surface area contributed by atoms with E-state index in [0.29, 0.717) is 30.5 Å². The number of hydrogen-bond acceptors (Lipinski definition) is 6. The van der Waals surface area contributed by atoms with Gasteiger partial charge in [-0.25, -0.2) is 4.79 Å². The van der Waals surface area contributed by atoms with Gasteiger partial charge in [0.05, 0.1) is 25.7 Å². The lowest BCUT2D eigenvalue weighted by atomic mass is 9.89. The minimum Gasteiger partial charge on any atom is -0.507 e. The van der Waals surface area contributed by atoms with Gasteiger partial charge >= 0.3 is 6.09 Å². The Morgan fingerprint density at radius 1 is 1.31 bits per heavy atom. The Morgan fingerprint density at radius 2 is 2.00 bits per heavy atom. The predicted molar refractivity (Wildman–Crippen MR) is 98.1 cm³/mol. The highest BCUT2D eigenvalue weighted by atomic mass is 32.2. The number of amides is 1. The number of rotatable bonds is 3. The van der Waals surface area contributed by atoms with Gasteiger partial charge in [-0.15, -0.1) is 0 Å². The van der Waals surface area contributed by atoms with Crippen LogP contribution < -0.4 is 4.90 Å². The number of ether oxygens (including phenoxy) is 1. The van der Waals surface area contributed by atoms with Crippen LogP contribution in [0.15, 0.2) is 30.3 Å². The fourth-order valence-electron chi connectivity index (χ4n) is 3.45. The summed E-state index contributed by atoms with van der Waals surface area (Å²) in [5.74, 6) is -0.183. The summed E-state index contributed by atoms with van der Waals surface area (Å²) in [6.07, 6.45) is 1.78. The third-order valence-corrected chi connectivity index (χ3v) is 5.12. The maximum atomic E-state index is 12.2. The van der Waals surface area contributed by atoms with Crippen molar-refractivity contribution in [3.05, 3.63) is 35.9 Å². The van der Waals surface area contributed by atoms with Crippen molar-refractivity contribution in [1.82, 2.24) is 0 Å². The van der Waals surface area contributed by atoms with Gasteiger partial charge in [0.25, 0.3) is 10.1 Å². The molecule has 0 bridgehead atoms. The second-order valence-corrected chi connectivity index (χ2v) is 7.97. The van der Waals surface area contributed by atoms with Crippen LogP contribution in [0.2, 0.25) is 0 Å². The molecular formula is C18H21NO6S. The fourth-order valence-corrected chi connectivity index (χ4v) is 3.86. The Balaban J connectivity index is 2.20. The number of nitrogens with zero attached hydrogens (tertiary/aromatic N) is 1. The zero-order valence-corrected chi connectivity index (χ0v) is 15.5. The van der Waals surface area contributed by atoms with E-state index in [0.717, 1.165) is 17.2 Å². The maximum absolute atomic E-state index is 12.2. The zero-order valence-electron chi connectivity index (χ0n) is 14.6. The molecule has 2 aromatic carbocycles. The van der Waals surface area contributed by atoms with E-state index in [4.69, 9.17) is 8.92 Å². The summed E-state index contributed by atoms with van der Waals surface area (Å²) in [5, 5.41) is 11.8.